The van der Waals surface area contributed by atoms with Crippen LogP contribution in [0.4, 0.5) is 0 Å². The molecule has 1 aliphatic rings. The number of nitrogens with zero attached hydrogens (tertiary/aromatic N) is 2. The van der Waals surface area contributed by atoms with Crippen molar-refractivity contribution in [2.24, 2.45) is 10.7 Å². The molecule has 1 saturated heterocycles. The minimum atomic E-state index is -0.952. The molecular formula is C15H23N3O2S. The van der Waals surface area contributed by atoms with Crippen LogP contribution in [0.1, 0.15) is 25.5 Å². The summed E-state index contributed by atoms with van der Waals surface area (Å²) in [5, 5.41) is 0. The first-order valence-corrected chi connectivity index (χ1v) is 8.66. The molecule has 1 aromatic rings. The number of rotatable bonds is 3. The molecule has 0 radical (unpaired) electrons. The fourth-order valence-electron chi connectivity index (χ4n) is 2.32. The van der Waals surface area contributed by atoms with Crippen molar-refractivity contribution in [1.29, 1.82) is 0 Å². The molecule has 0 amide bonds. The zero-order chi connectivity index (χ0) is 15.4. The molecule has 116 valence electrons. The van der Waals surface area contributed by atoms with E-state index in [4.69, 9.17) is 10.5 Å². The standard InChI is InChI=1S/C15H23N3O2S/c1-11-10-18(8-9-20-11)15(16)17-12(2)13-4-6-14(7-5-13)21(3)19/h4-7,11-12H,8-10H2,1-3H3,(H2,16,17). The van der Waals surface area contributed by atoms with Crippen molar-refractivity contribution < 1.29 is 8.95 Å². The van der Waals surface area contributed by atoms with Gasteiger partial charge in [0.15, 0.2) is 5.96 Å². The summed E-state index contributed by atoms with van der Waals surface area (Å²) in [6, 6.07) is 7.65. The van der Waals surface area contributed by atoms with E-state index in [1.165, 1.54) is 0 Å². The molecule has 0 aromatic heterocycles. The number of morpholine rings is 1. The second-order valence-corrected chi connectivity index (χ2v) is 6.69. The van der Waals surface area contributed by atoms with Crippen LogP contribution < -0.4 is 5.73 Å². The van der Waals surface area contributed by atoms with Crippen molar-refractivity contribution in [2.45, 2.75) is 30.9 Å². The second-order valence-electron chi connectivity index (χ2n) is 5.31. The van der Waals surface area contributed by atoms with E-state index in [0.29, 0.717) is 12.6 Å². The normalized spacial score (nSPS) is 22.9. The Hall–Kier alpha value is -1.40. The molecular weight excluding hydrogens is 286 g/mol. The van der Waals surface area contributed by atoms with Gasteiger partial charge in [0.2, 0.25) is 0 Å². The number of benzene rings is 1. The summed E-state index contributed by atoms with van der Waals surface area (Å²) < 4.78 is 16.9. The topological polar surface area (TPSA) is 67.9 Å². The summed E-state index contributed by atoms with van der Waals surface area (Å²) in [7, 11) is -0.952. The highest BCUT2D eigenvalue weighted by molar-refractivity contribution is 7.84. The zero-order valence-corrected chi connectivity index (χ0v) is 13.6. The molecule has 2 N–H and O–H groups in total. The van der Waals surface area contributed by atoms with Crippen LogP contribution in [0.5, 0.6) is 0 Å². The molecule has 1 heterocycles. The lowest BCUT2D eigenvalue weighted by Gasteiger charge is -2.32. The lowest BCUT2D eigenvalue weighted by Crippen LogP contribution is -2.48. The Labute approximate surface area is 128 Å². The van der Waals surface area contributed by atoms with Crippen LogP contribution >= 0.6 is 0 Å². The van der Waals surface area contributed by atoms with Crippen LogP contribution in [-0.4, -0.2) is 47.1 Å². The number of hydrogen-bond acceptors (Lipinski definition) is 3. The van der Waals surface area contributed by atoms with E-state index in [1.54, 1.807) is 6.26 Å². The third-order valence-corrected chi connectivity index (χ3v) is 4.52. The van der Waals surface area contributed by atoms with Gasteiger partial charge in [0, 0.05) is 35.0 Å². The lowest BCUT2D eigenvalue weighted by atomic mass is 10.1. The van der Waals surface area contributed by atoms with Crippen LogP contribution in [0.3, 0.4) is 0 Å². The smallest absolute Gasteiger partial charge is 0.192 e. The highest BCUT2D eigenvalue weighted by Gasteiger charge is 2.18. The van der Waals surface area contributed by atoms with E-state index in [0.717, 1.165) is 23.5 Å². The lowest BCUT2D eigenvalue weighted by molar-refractivity contribution is 0.00523. The molecule has 0 saturated carbocycles. The van der Waals surface area contributed by atoms with Crippen molar-refractivity contribution in [2.75, 3.05) is 26.0 Å². The average molecular weight is 309 g/mol. The van der Waals surface area contributed by atoms with Gasteiger partial charge in [-0.3, -0.25) is 4.21 Å². The Morgan fingerprint density at radius 3 is 2.71 bits per heavy atom. The van der Waals surface area contributed by atoms with Gasteiger partial charge >= 0.3 is 0 Å². The minimum Gasteiger partial charge on any atom is -0.375 e. The van der Waals surface area contributed by atoms with E-state index in [9.17, 15) is 4.21 Å². The highest BCUT2D eigenvalue weighted by Crippen LogP contribution is 2.19. The van der Waals surface area contributed by atoms with Crippen molar-refractivity contribution in [3.8, 4) is 0 Å². The molecule has 2 rings (SSSR count). The van der Waals surface area contributed by atoms with Gasteiger partial charge in [0.05, 0.1) is 18.8 Å². The summed E-state index contributed by atoms with van der Waals surface area (Å²) in [6.07, 6.45) is 1.86. The number of guanidine groups is 1. The molecule has 21 heavy (non-hydrogen) atoms. The largest absolute Gasteiger partial charge is 0.375 e. The van der Waals surface area contributed by atoms with Gasteiger partial charge in [-0.05, 0) is 31.5 Å². The van der Waals surface area contributed by atoms with E-state index >= 15 is 0 Å². The number of aliphatic imine (C=N–C) groups is 1. The maximum atomic E-state index is 11.4. The molecule has 6 heteroatoms. The Kier molecular flexibility index (Phi) is 5.36. The predicted molar refractivity (Wildman–Crippen MR) is 85.8 cm³/mol. The maximum Gasteiger partial charge on any atom is 0.192 e. The molecule has 1 aliphatic heterocycles. The Balaban J connectivity index is 2.06. The SMILES string of the molecule is CC1CN(C(N)=NC(C)c2ccc(S(C)=O)cc2)CCO1. The highest BCUT2D eigenvalue weighted by atomic mass is 32.2. The first-order valence-electron chi connectivity index (χ1n) is 7.10. The van der Waals surface area contributed by atoms with Gasteiger partial charge in [-0.15, -0.1) is 0 Å². The van der Waals surface area contributed by atoms with Crippen LogP contribution in [-0.2, 0) is 15.5 Å². The minimum absolute atomic E-state index is 0.0255. The van der Waals surface area contributed by atoms with Crippen molar-refractivity contribution >= 4 is 16.8 Å². The van der Waals surface area contributed by atoms with E-state index in [2.05, 4.69) is 9.89 Å². The Bertz CT molecular complexity index is 530. The van der Waals surface area contributed by atoms with Gasteiger partial charge < -0.3 is 15.4 Å². The van der Waals surface area contributed by atoms with Gasteiger partial charge in [0.25, 0.3) is 0 Å². The summed E-state index contributed by atoms with van der Waals surface area (Å²) in [6.45, 7) is 6.28. The number of ether oxygens (including phenoxy) is 1. The Morgan fingerprint density at radius 2 is 2.14 bits per heavy atom. The maximum absolute atomic E-state index is 11.4. The first kappa shape index (κ1) is 16.0. The summed E-state index contributed by atoms with van der Waals surface area (Å²) >= 11 is 0. The summed E-state index contributed by atoms with van der Waals surface area (Å²) in [4.78, 5) is 7.45. The second kappa shape index (κ2) is 7.04. The van der Waals surface area contributed by atoms with Gasteiger partial charge in [0.1, 0.15) is 0 Å². The molecule has 3 atom stereocenters. The van der Waals surface area contributed by atoms with E-state index in [1.807, 2.05) is 38.1 Å². The third kappa shape index (κ3) is 4.28. The van der Waals surface area contributed by atoms with Crippen LogP contribution in [0.15, 0.2) is 34.2 Å². The molecule has 0 aliphatic carbocycles. The quantitative estimate of drug-likeness (QED) is 0.679. The molecule has 0 spiro atoms. The first-order chi connectivity index (χ1) is 9.97. The van der Waals surface area contributed by atoms with E-state index in [-0.39, 0.29) is 12.1 Å². The molecule has 0 bridgehead atoms. The molecule has 1 fully saturated rings. The van der Waals surface area contributed by atoms with Crippen LogP contribution in [0.2, 0.25) is 0 Å². The van der Waals surface area contributed by atoms with Crippen molar-refractivity contribution in [3.05, 3.63) is 29.8 Å². The van der Waals surface area contributed by atoms with Gasteiger partial charge in [-0.1, -0.05) is 12.1 Å². The third-order valence-electron chi connectivity index (χ3n) is 3.59. The van der Waals surface area contributed by atoms with Crippen LogP contribution in [0, 0.1) is 0 Å². The fraction of sp³-hybridized carbons (Fsp3) is 0.533. The van der Waals surface area contributed by atoms with E-state index < -0.39 is 10.8 Å². The summed E-state index contributed by atoms with van der Waals surface area (Å²) in [5.41, 5.74) is 7.16. The van der Waals surface area contributed by atoms with Crippen molar-refractivity contribution in [3.63, 3.8) is 0 Å². The molecule has 1 aromatic carbocycles. The molecule has 3 unspecified atom stereocenters. The monoisotopic (exact) mass is 309 g/mol. The number of nitrogens with two attached hydrogens (primary N) is 1. The fourth-order valence-corrected chi connectivity index (χ4v) is 2.84. The van der Waals surface area contributed by atoms with Crippen LogP contribution in [0.25, 0.3) is 0 Å². The number of hydrogen-bond donors (Lipinski definition) is 1. The molecule has 5 nitrogen and oxygen atoms in total. The zero-order valence-electron chi connectivity index (χ0n) is 12.8. The average Bonchev–Trinajstić information content (AvgIpc) is 2.47. The van der Waals surface area contributed by atoms with Crippen molar-refractivity contribution in [1.82, 2.24) is 4.90 Å². The summed E-state index contributed by atoms with van der Waals surface area (Å²) in [5.74, 6) is 0.556. The van der Waals surface area contributed by atoms with Gasteiger partial charge in [-0.2, -0.15) is 0 Å². The predicted octanol–water partition coefficient (Wildman–Crippen LogP) is 1.52. The Morgan fingerprint density at radius 1 is 1.48 bits per heavy atom. The van der Waals surface area contributed by atoms with Gasteiger partial charge in [-0.25, -0.2) is 4.99 Å².